The number of unbranched alkanes of at least 4 members (excludes halogenated alkanes) is 1. The van der Waals surface area contributed by atoms with Gasteiger partial charge in [-0.05, 0) is 19.3 Å². The van der Waals surface area contributed by atoms with E-state index in [1.165, 1.54) is 0 Å². The van der Waals surface area contributed by atoms with Crippen molar-refractivity contribution < 1.29 is 159 Å². The van der Waals surface area contributed by atoms with Gasteiger partial charge in [-0.15, -0.1) is 0 Å². The maximum Gasteiger partial charge on any atom is 0.460 e. The lowest BCUT2D eigenvalue weighted by molar-refractivity contribution is -0.461. The first-order valence-electron chi connectivity index (χ1n) is 19.3. The average Bonchev–Trinajstić information content (AvgIpc) is 3.23. The Hall–Kier alpha value is -1.87. The van der Waals surface area contributed by atoms with E-state index in [9.17, 15) is 126 Å². The SMILES string of the molecule is OC[C@H]1O[C@H](OC[C@H]2O[C@@H](OCCCCOCCCC(F)(F)C(F)(F)C(F)(F)C(F)(F)C(F)(F)C(F)(F)C(F)(F)C(F)(F)F)[C@@H](O)[C@@H](O[C@H]3O[C@H](CO)[C@@H](O)[C@H](O)[C@@H]3O)[C@@H]2O)[C@@H](O)[C@@H](O)[C@@H]1O. The summed E-state index contributed by atoms with van der Waals surface area (Å²) in [5, 5.41) is 102. The summed E-state index contributed by atoms with van der Waals surface area (Å²) in [4.78, 5) is 0. The number of halogens is 17. The number of aliphatic hydroxyl groups excluding tert-OH is 10. The Bertz CT molecular complexity index is 1550. The Morgan fingerprint density at radius 3 is 1.28 bits per heavy atom. The molecule has 15 atom stereocenters. The molecule has 0 aromatic carbocycles. The molecule has 0 aliphatic carbocycles. The molecular weight excluding hydrogens is 991 g/mol. The lowest BCUT2D eigenvalue weighted by atomic mass is 9.88. The summed E-state index contributed by atoms with van der Waals surface area (Å²) < 4.78 is 266. The third-order valence-electron chi connectivity index (χ3n) is 10.6. The Labute approximate surface area is 364 Å². The van der Waals surface area contributed by atoms with Crippen LogP contribution in [0.5, 0.6) is 0 Å². The van der Waals surface area contributed by atoms with Crippen LogP contribution in [0.3, 0.4) is 0 Å². The fourth-order valence-electron chi connectivity index (χ4n) is 6.43. The van der Waals surface area contributed by atoms with E-state index < -0.39 is 192 Å². The topological polar surface area (TPSA) is 267 Å². The molecule has 3 rings (SSSR count). The first kappa shape index (κ1) is 59.4. The van der Waals surface area contributed by atoms with Gasteiger partial charge in [0.15, 0.2) is 18.9 Å². The van der Waals surface area contributed by atoms with E-state index in [0.29, 0.717) is 0 Å². The van der Waals surface area contributed by atoms with Crippen LogP contribution in [-0.4, -0.2) is 230 Å². The standard InChI is InChI=1S/C33H45F17O17/c34-26(35,27(36,37)28(38,39)29(40,41)30(42,43)31(44,45)32(46,47)33(48,49)50)4-3-6-61-5-1-2-7-62-24-21(60)22(67-25-20(59)18(57)15(54)12(9-52)65-25)16(55)13(66-24)10-63-23-19(58)17(56)14(53)11(8-51)64-23/h11-25,51-60H,1-10H2/t11-,12-,13-,14-,15-,16-,17+,18+,19+,20+,21+,22+,23+,24-,25-/m1/s1. The molecule has 0 saturated carbocycles. The summed E-state index contributed by atoms with van der Waals surface area (Å²) in [6.07, 6.45) is -40.8. The van der Waals surface area contributed by atoms with Crippen LogP contribution >= 0.6 is 0 Å². The second-order valence-electron chi connectivity index (χ2n) is 15.3. The summed E-state index contributed by atoms with van der Waals surface area (Å²) in [6.45, 7) is -4.94. The highest BCUT2D eigenvalue weighted by molar-refractivity contribution is 5.15. The molecule has 0 bridgehead atoms. The molecule has 3 heterocycles. The zero-order valence-corrected chi connectivity index (χ0v) is 33.5. The number of hydrogen-bond donors (Lipinski definition) is 10. The van der Waals surface area contributed by atoms with Gasteiger partial charge in [0.2, 0.25) is 0 Å². The highest BCUT2D eigenvalue weighted by atomic mass is 19.4. The molecule has 3 saturated heterocycles. The number of aliphatic hydroxyl groups is 10. The average molecular weight is 1040 g/mol. The van der Waals surface area contributed by atoms with Crippen LogP contribution in [0.2, 0.25) is 0 Å². The summed E-state index contributed by atoms with van der Waals surface area (Å²) >= 11 is 0. The van der Waals surface area contributed by atoms with E-state index in [1.54, 1.807) is 0 Å². The molecule has 3 aliphatic rings. The van der Waals surface area contributed by atoms with Crippen molar-refractivity contribution in [2.75, 3.05) is 39.6 Å². The predicted molar refractivity (Wildman–Crippen MR) is 175 cm³/mol. The zero-order valence-electron chi connectivity index (χ0n) is 33.5. The van der Waals surface area contributed by atoms with Crippen molar-refractivity contribution in [3.05, 3.63) is 0 Å². The third-order valence-corrected chi connectivity index (χ3v) is 10.6. The highest BCUT2D eigenvalue weighted by Crippen LogP contribution is 2.64. The predicted octanol–water partition coefficient (Wildman–Crippen LogP) is 0.0377. The lowest BCUT2D eigenvalue weighted by Gasteiger charge is -2.46. The van der Waals surface area contributed by atoms with Crippen molar-refractivity contribution in [1.29, 1.82) is 0 Å². The Kier molecular flexibility index (Phi) is 19.4. The summed E-state index contributed by atoms with van der Waals surface area (Å²) in [6, 6.07) is 0. The van der Waals surface area contributed by atoms with Gasteiger partial charge < -0.3 is 84.2 Å². The van der Waals surface area contributed by atoms with E-state index in [4.69, 9.17) is 33.2 Å². The Morgan fingerprint density at radius 1 is 0.388 bits per heavy atom. The molecular formula is C33H45F17O17. The minimum absolute atomic E-state index is 0.207. The normalized spacial score (nSPS) is 34.7. The van der Waals surface area contributed by atoms with Crippen LogP contribution in [0.4, 0.5) is 74.6 Å². The Morgan fingerprint density at radius 2 is 0.791 bits per heavy atom. The van der Waals surface area contributed by atoms with Gasteiger partial charge in [0.25, 0.3) is 0 Å². The van der Waals surface area contributed by atoms with Crippen LogP contribution in [0, 0.1) is 0 Å². The number of rotatable bonds is 23. The fourth-order valence-corrected chi connectivity index (χ4v) is 6.43. The molecule has 0 aromatic heterocycles. The van der Waals surface area contributed by atoms with Gasteiger partial charge in [0.1, 0.15) is 73.2 Å². The quantitative estimate of drug-likeness (QED) is 0.0478. The largest absolute Gasteiger partial charge is 0.460 e. The van der Waals surface area contributed by atoms with Crippen LogP contribution in [0.15, 0.2) is 0 Å². The molecule has 3 aliphatic heterocycles. The first-order chi connectivity index (χ1) is 30.4. The minimum Gasteiger partial charge on any atom is -0.394 e. The van der Waals surface area contributed by atoms with Crippen LogP contribution < -0.4 is 0 Å². The van der Waals surface area contributed by atoms with Gasteiger partial charge in [-0.1, -0.05) is 0 Å². The molecule has 0 spiro atoms. The summed E-state index contributed by atoms with van der Waals surface area (Å²) in [7, 11) is 0. The highest BCUT2D eigenvalue weighted by Gasteiger charge is 2.95. The van der Waals surface area contributed by atoms with Crippen molar-refractivity contribution in [1.82, 2.24) is 0 Å². The van der Waals surface area contributed by atoms with E-state index in [1.807, 2.05) is 0 Å². The number of hydrogen-bond acceptors (Lipinski definition) is 17. The summed E-state index contributed by atoms with van der Waals surface area (Å²) in [5.74, 6) is -57.1. The van der Waals surface area contributed by atoms with Crippen LogP contribution in [0.1, 0.15) is 25.7 Å². The smallest absolute Gasteiger partial charge is 0.394 e. The van der Waals surface area contributed by atoms with Gasteiger partial charge in [0.05, 0.1) is 19.8 Å². The zero-order chi connectivity index (χ0) is 51.7. The van der Waals surface area contributed by atoms with E-state index in [0.717, 1.165) is 0 Å². The second-order valence-corrected chi connectivity index (χ2v) is 15.3. The lowest BCUT2D eigenvalue weighted by Crippen LogP contribution is -2.74. The van der Waals surface area contributed by atoms with Crippen molar-refractivity contribution in [2.45, 2.75) is 165 Å². The van der Waals surface area contributed by atoms with Crippen molar-refractivity contribution >= 4 is 0 Å². The molecule has 3 fully saturated rings. The van der Waals surface area contributed by atoms with Crippen molar-refractivity contribution in [2.24, 2.45) is 0 Å². The Balaban J connectivity index is 1.61. The molecule has 0 radical (unpaired) electrons. The van der Waals surface area contributed by atoms with Gasteiger partial charge in [-0.25, -0.2) is 0 Å². The second kappa shape index (κ2) is 21.9. The molecule has 0 aromatic rings. The number of alkyl halides is 17. The van der Waals surface area contributed by atoms with Crippen molar-refractivity contribution in [3.63, 3.8) is 0 Å². The molecule has 0 unspecified atom stereocenters. The third kappa shape index (κ3) is 11.4. The molecule has 398 valence electrons. The minimum atomic E-state index is -8.74. The maximum atomic E-state index is 14.2. The molecule has 17 nitrogen and oxygen atoms in total. The maximum absolute atomic E-state index is 14.2. The van der Waals surface area contributed by atoms with E-state index >= 15 is 0 Å². The monoisotopic (exact) mass is 1040 g/mol. The van der Waals surface area contributed by atoms with Crippen molar-refractivity contribution in [3.8, 4) is 0 Å². The van der Waals surface area contributed by atoms with Gasteiger partial charge in [0, 0.05) is 26.2 Å². The van der Waals surface area contributed by atoms with Gasteiger partial charge >= 0.3 is 47.6 Å². The molecule has 10 N–H and O–H groups in total. The molecule has 0 amide bonds. The molecule has 67 heavy (non-hydrogen) atoms. The van der Waals surface area contributed by atoms with Crippen LogP contribution in [0.25, 0.3) is 0 Å². The molecule has 34 heteroatoms. The van der Waals surface area contributed by atoms with Gasteiger partial charge in [-0.3, -0.25) is 0 Å². The van der Waals surface area contributed by atoms with Crippen LogP contribution in [-0.2, 0) is 33.2 Å². The first-order valence-corrected chi connectivity index (χ1v) is 19.3. The van der Waals surface area contributed by atoms with Gasteiger partial charge in [-0.2, -0.15) is 74.6 Å². The van der Waals surface area contributed by atoms with E-state index in [-0.39, 0.29) is 12.8 Å². The fraction of sp³-hybridized carbons (Fsp3) is 1.00. The number of ether oxygens (including phenoxy) is 7. The van der Waals surface area contributed by atoms with E-state index in [2.05, 4.69) is 0 Å². The summed E-state index contributed by atoms with van der Waals surface area (Å²) in [5.41, 5.74) is 0.